The lowest BCUT2D eigenvalue weighted by molar-refractivity contribution is -0.117. The van der Waals surface area contributed by atoms with Crippen LogP contribution in [0.4, 0.5) is 5.69 Å². The first-order valence-corrected chi connectivity index (χ1v) is 8.01. The fraction of sp³-hybridized carbons (Fsp3) is 0.611. The summed E-state index contributed by atoms with van der Waals surface area (Å²) >= 11 is 0. The quantitative estimate of drug-likeness (QED) is 0.853. The van der Waals surface area contributed by atoms with Crippen LogP contribution in [-0.4, -0.2) is 5.91 Å². The van der Waals surface area contributed by atoms with E-state index in [0.29, 0.717) is 18.3 Å². The van der Waals surface area contributed by atoms with Crippen molar-refractivity contribution in [2.45, 2.75) is 51.9 Å². The van der Waals surface area contributed by atoms with E-state index in [2.05, 4.69) is 31.3 Å². The Kier molecular flexibility index (Phi) is 3.82. The molecule has 2 fully saturated rings. The summed E-state index contributed by atoms with van der Waals surface area (Å²) in [6.45, 7) is 4.37. The molecule has 0 heterocycles. The SMILES string of the molecule is CC(C)c1ccc(NC(=O)C[C@H]2C[C@H]3CC[C@@H]2C3)cc1. The van der Waals surface area contributed by atoms with Crippen LogP contribution in [0.3, 0.4) is 0 Å². The zero-order valence-electron chi connectivity index (χ0n) is 12.6. The lowest BCUT2D eigenvalue weighted by Gasteiger charge is -2.20. The standard InChI is InChI=1S/C18H25NO/c1-12(2)14-5-7-17(8-6-14)19-18(20)11-16-10-13-3-4-15(16)9-13/h5-8,12-13,15-16H,3-4,9-11H2,1-2H3,(H,19,20)/t13-,15+,16+/m0/s1. The van der Waals surface area contributed by atoms with Gasteiger partial charge >= 0.3 is 0 Å². The van der Waals surface area contributed by atoms with Crippen LogP contribution in [0.15, 0.2) is 24.3 Å². The number of carbonyl (C=O) groups is 1. The van der Waals surface area contributed by atoms with E-state index in [-0.39, 0.29) is 5.91 Å². The number of fused-ring (bicyclic) bond motifs is 2. The van der Waals surface area contributed by atoms with E-state index in [1.165, 1.54) is 31.2 Å². The molecule has 108 valence electrons. The van der Waals surface area contributed by atoms with Crippen LogP contribution in [-0.2, 0) is 4.79 Å². The highest BCUT2D eigenvalue weighted by atomic mass is 16.1. The molecule has 0 spiro atoms. The lowest BCUT2D eigenvalue weighted by atomic mass is 9.86. The van der Waals surface area contributed by atoms with E-state index in [9.17, 15) is 4.79 Å². The summed E-state index contributed by atoms with van der Waals surface area (Å²) in [6, 6.07) is 8.26. The molecule has 0 radical (unpaired) electrons. The second-order valence-electron chi connectivity index (χ2n) is 6.96. The molecule has 1 amide bonds. The topological polar surface area (TPSA) is 29.1 Å². The Labute approximate surface area is 122 Å². The van der Waals surface area contributed by atoms with E-state index in [1.807, 2.05) is 12.1 Å². The molecule has 1 aromatic rings. The molecule has 3 atom stereocenters. The number of benzene rings is 1. The second kappa shape index (κ2) is 5.59. The molecule has 1 aromatic carbocycles. The van der Waals surface area contributed by atoms with Crippen molar-refractivity contribution in [3.8, 4) is 0 Å². The van der Waals surface area contributed by atoms with Crippen LogP contribution in [0, 0.1) is 17.8 Å². The van der Waals surface area contributed by atoms with Crippen LogP contribution < -0.4 is 5.32 Å². The van der Waals surface area contributed by atoms with Crippen molar-refractivity contribution in [1.29, 1.82) is 0 Å². The third-order valence-electron chi connectivity index (χ3n) is 5.19. The van der Waals surface area contributed by atoms with Gasteiger partial charge in [-0.1, -0.05) is 32.4 Å². The molecule has 2 heteroatoms. The third-order valence-corrected chi connectivity index (χ3v) is 5.19. The molecule has 0 unspecified atom stereocenters. The van der Waals surface area contributed by atoms with Gasteiger partial charge in [-0.05, 0) is 60.6 Å². The molecule has 1 N–H and O–H groups in total. The van der Waals surface area contributed by atoms with Gasteiger partial charge in [-0.25, -0.2) is 0 Å². The molecule has 2 aliphatic carbocycles. The molecule has 2 nitrogen and oxygen atoms in total. The second-order valence-corrected chi connectivity index (χ2v) is 6.96. The Balaban J connectivity index is 1.53. The van der Waals surface area contributed by atoms with E-state index in [1.54, 1.807) is 0 Å². The number of nitrogens with one attached hydrogen (secondary N) is 1. The van der Waals surface area contributed by atoms with Gasteiger partial charge in [0.15, 0.2) is 0 Å². The minimum Gasteiger partial charge on any atom is -0.326 e. The Morgan fingerprint density at radius 2 is 1.95 bits per heavy atom. The summed E-state index contributed by atoms with van der Waals surface area (Å²) in [6.07, 6.45) is 6.13. The predicted octanol–water partition coefficient (Wildman–Crippen LogP) is 4.57. The molecule has 0 aliphatic heterocycles. The van der Waals surface area contributed by atoms with E-state index < -0.39 is 0 Å². The summed E-state index contributed by atoms with van der Waals surface area (Å²) in [4.78, 5) is 12.2. The molecular formula is C18H25NO. The van der Waals surface area contributed by atoms with Crippen LogP contribution in [0.2, 0.25) is 0 Å². The van der Waals surface area contributed by atoms with Crippen molar-refractivity contribution < 1.29 is 4.79 Å². The summed E-state index contributed by atoms with van der Waals surface area (Å²) in [5.74, 6) is 3.12. The fourth-order valence-corrected chi connectivity index (χ4v) is 4.03. The van der Waals surface area contributed by atoms with E-state index >= 15 is 0 Å². The normalized spacial score (nSPS) is 28.1. The van der Waals surface area contributed by atoms with E-state index in [0.717, 1.165) is 17.5 Å². The van der Waals surface area contributed by atoms with Gasteiger partial charge in [-0.15, -0.1) is 0 Å². The van der Waals surface area contributed by atoms with Gasteiger partial charge in [0.1, 0.15) is 0 Å². The van der Waals surface area contributed by atoms with Gasteiger partial charge in [0.2, 0.25) is 5.91 Å². The Morgan fingerprint density at radius 3 is 2.50 bits per heavy atom. The number of hydrogen-bond acceptors (Lipinski definition) is 1. The Hall–Kier alpha value is -1.31. The number of rotatable bonds is 4. The largest absolute Gasteiger partial charge is 0.326 e. The Morgan fingerprint density at radius 1 is 1.20 bits per heavy atom. The summed E-state index contributed by atoms with van der Waals surface area (Å²) in [7, 11) is 0. The first-order chi connectivity index (χ1) is 9.61. The highest BCUT2D eigenvalue weighted by Crippen LogP contribution is 2.49. The predicted molar refractivity (Wildman–Crippen MR) is 82.7 cm³/mol. The molecule has 3 rings (SSSR count). The zero-order chi connectivity index (χ0) is 14.1. The lowest BCUT2D eigenvalue weighted by Crippen LogP contribution is -2.20. The zero-order valence-corrected chi connectivity index (χ0v) is 12.6. The molecule has 0 saturated heterocycles. The fourth-order valence-electron chi connectivity index (χ4n) is 4.03. The van der Waals surface area contributed by atoms with Gasteiger partial charge in [0, 0.05) is 12.1 Å². The number of hydrogen-bond donors (Lipinski definition) is 1. The van der Waals surface area contributed by atoms with Crippen molar-refractivity contribution >= 4 is 11.6 Å². The van der Waals surface area contributed by atoms with Crippen LogP contribution in [0.5, 0.6) is 0 Å². The van der Waals surface area contributed by atoms with Gasteiger partial charge in [0.25, 0.3) is 0 Å². The molecule has 0 aromatic heterocycles. The van der Waals surface area contributed by atoms with Crippen LogP contribution >= 0.6 is 0 Å². The molecule has 2 bridgehead atoms. The monoisotopic (exact) mass is 271 g/mol. The minimum absolute atomic E-state index is 0.194. The highest BCUT2D eigenvalue weighted by molar-refractivity contribution is 5.90. The first-order valence-electron chi connectivity index (χ1n) is 8.01. The minimum atomic E-state index is 0.194. The van der Waals surface area contributed by atoms with Crippen molar-refractivity contribution in [3.05, 3.63) is 29.8 Å². The number of carbonyl (C=O) groups excluding carboxylic acids is 1. The van der Waals surface area contributed by atoms with Gasteiger partial charge in [-0.2, -0.15) is 0 Å². The maximum atomic E-state index is 12.2. The van der Waals surface area contributed by atoms with E-state index in [4.69, 9.17) is 0 Å². The summed E-state index contributed by atoms with van der Waals surface area (Å²) in [5, 5.41) is 3.06. The van der Waals surface area contributed by atoms with Crippen molar-refractivity contribution in [2.24, 2.45) is 17.8 Å². The van der Waals surface area contributed by atoms with Crippen molar-refractivity contribution in [3.63, 3.8) is 0 Å². The molecule has 2 saturated carbocycles. The summed E-state index contributed by atoms with van der Waals surface area (Å²) in [5.41, 5.74) is 2.25. The van der Waals surface area contributed by atoms with Crippen LogP contribution in [0.1, 0.15) is 57.4 Å². The maximum Gasteiger partial charge on any atom is 0.224 e. The smallest absolute Gasteiger partial charge is 0.224 e. The van der Waals surface area contributed by atoms with Crippen molar-refractivity contribution in [2.75, 3.05) is 5.32 Å². The average molecular weight is 271 g/mol. The summed E-state index contributed by atoms with van der Waals surface area (Å²) < 4.78 is 0. The van der Waals surface area contributed by atoms with Gasteiger partial charge in [-0.3, -0.25) is 4.79 Å². The number of amides is 1. The highest BCUT2D eigenvalue weighted by Gasteiger charge is 2.40. The molecule has 2 aliphatic rings. The molecule has 20 heavy (non-hydrogen) atoms. The van der Waals surface area contributed by atoms with Gasteiger partial charge < -0.3 is 5.32 Å². The van der Waals surface area contributed by atoms with Gasteiger partial charge in [0.05, 0.1) is 0 Å². The number of anilines is 1. The maximum absolute atomic E-state index is 12.2. The van der Waals surface area contributed by atoms with Crippen LogP contribution in [0.25, 0.3) is 0 Å². The Bertz CT molecular complexity index is 477. The first kappa shape index (κ1) is 13.7. The molecular weight excluding hydrogens is 246 g/mol. The average Bonchev–Trinajstić information content (AvgIpc) is 3.01. The third kappa shape index (κ3) is 2.89. The van der Waals surface area contributed by atoms with Crippen molar-refractivity contribution in [1.82, 2.24) is 0 Å².